The van der Waals surface area contributed by atoms with E-state index in [1.165, 1.54) is 0 Å². The number of hydrogen-bond donors (Lipinski definition) is 1. The van der Waals surface area contributed by atoms with Gasteiger partial charge in [0.1, 0.15) is 0 Å². The zero-order valence-corrected chi connectivity index (χ0v) is 16.8. The van der Waals surface area contributed by atoms with Gasteiger partial charge in [-0.15, -0.1) is 0 Å². The van der Waals surface area contributed by atoms with Crippen LogP contribution in [0.5, 0.6) is 0 Å². The summed E-state index contributed by atoms with van der Waals surface area (Å²) < 4.78 is 1.87. The summed E-state index contributed by atoms with van der Waals surface area (Å²) in [5, 5.41) is 4.37. The Hall–Kier alpha value is -3.77. The number of rotatable bonds is 3. The van der Waals surface area contributed by atoms with Crippen LogP contribution in [0, 0.1) is 6.92 Å². The minimum atomic E-state index is -0.216. The number of carbonyl (C=O) groups is 1. The van der Waals surface area contributed by atoms with Gasteiger partial charge in [0, 0.05) is 40.3 Å². The van der Waals surface area contributed by atoms with Crippen molar-refractivity contribution in [1.29, 1.82) is 0 Å². The molecule has 3 aromatic heterocycles. The molecule has 3 heterocycles. The molecule has 0 atom stereocenters. The van der Waals surface area contributed by atoms with Crippen molar-refractivity contribution in [2.75, 3.05) is 5.32 Å². The van der Waals surface area contributed by atoms with Crippen LogP contribution in [0.25, 0.3) is 27.9 Å². The second kappa shape index (κ2) is 7.24. The van der Waals surface area contributed by atoms with Crippen molar-refractivity contribution in [3.05, 3.63) is 89.5 Å². The number of aryl methyl sites for hydroxylation is 1. The number of nitrogens with zero attached hydrogens (tertiary/aromatic N) is 4. The molecular weight excluding hydrogens is 398 g/mol. The van der Waals surface area contributed by atoms with Gasteiger partial charge in [-0.05, 0) is 49.4 Å². The molecule has 0 saturated carbocycles. The molecule has 0 aliphatic rings. The topological polar surface area (TPSA) is 72.2 Å². The Morgan fingerprint density at radius 3 is 2.70 bits per heavy atom. The third-order valence-electron chi connectivity index (χ3n) is 4.89. The number of benzene rings is 2. The molecule has 146 valence electrons. The maximum absolute atomic E-state index is 12.8. The summed E-state index contributed by atoms with van der Waals surface area (Å²) in [5.74, 6) is 0.427. The van der Waals surface area contributed by atoms with Crippen molar-refractivity contribution < 1.29 is 4.79 Å². The second-order valence-corrected chi connectivity index (χ2v) is 7.38. The first-order valence-corrected chi connectivity index (χ1v) is 9.73. The minimum Gasteiger partial charge on any atom is -0.322 e. The molecule has 0 fully saturated rings. The molecule has 1 amide bonds. The number of carbonyl (C=O) groups excluding carboxylic acids is 1. The van der Waals surface area contributed by atoms with E-state index in [9.17, 15) is 4.79 Å². The summed E-state index contributed by atoms with van der Waals surface area (Å²) in [4.78, 5) is 26.1. The van der Waals surface area contributed by atoms with Crippen molar-refractivity contribution in [2.24, 2.45) is 0 Å². The fraction of sp³-hybridized carbons (Fsp3) is 0.0435. The van der Waals surface area contributed by atoms with Gasteiger partial charge in [-0.3, -0.25) is 14.2 Å². The van der Waals surface area contributed by atoms with Crippen molar-refractivity contribution in [1.82, 2.24) is 19.4 Å². The predicted octanol–water partition coefficient (Wildman–Crippen LogP) is 5.16. The van der Waals surface area contributed by atoms with Gasteiger partial charge in [-0.1, -0.05) is 23.7 Å². The second-order valence-electron chi connectivity index (χ2n) is 6.94. The molecule has 0 aliphatic carbocycles. The smallest absolute Gasteiger partial charge is 0.257 e. The van der Waals surface area contributed by atoms with Gasteiger partial charge in [0.25, 0.3) is 5.91 Å². The van der Waals surface area contributed by atoms with Crippen LogP contribution in [0.15, 0.2) is 73.2 Å². The van der Waals surface area contributed by atoms with E-state index < -0.39 is 0 Å². The average Bonchev–Trinajstić information content (AvgIpc) is 3.18. The Labute approximate surface area is 177 Å². The molecule has 0 spiro atoms. The van der Waals surface area contributed by atoms with E-state index in [0.29, 0.717) is 27.7 Å². The fourth-order valence-electron chi connectivity index (χ4n) is 3.37. The lowest BCUT2D eigenvalue weighted by molar-refractivity contribution is 0.102. The number of pyridine rings is 1. The zero-order chi connectivity index (χ0) is 20.7. The van der Waals surface area contributed by atoms with E-state index in [0.717, 1.165) is 22.2 Å². The van der Waals surface area contributed by atoms with E-state index >= 15 is 0 Å². The molecule has 0 radical (unpaired) electrons. The highest BCUT2D eigenvalue weighted by Gasteiger charge is 2.13. The molecule has 30 heavy (non-hydrogen) atoms. The maximum Gasteiger partial charge on any atom is 0.257 e. The van der Waals surface area contributed by atoms with Gasteiger partial charge in [-0.25, -0.2) is 9.97 Å². The van der Waals surface area contributed by atoms with Crippen molar-refractivity contribution in [2.45, 2.75) is 6.92 Å². The number of anilines is 1. The van der Waals surface area contributed by atoms with Crippen LogP contribution in [-0.2, 0) is 0 Å². The van der Waals surface area contributed by atoms with E-state index in [4.69, 9.17) is 11.6 Å². The first kappa shape index (κ1) is 18.3. The van der Waals surface area contributed by atoms with Crippen LogP contribution in [0.4, 0.5) is 5.69 Å². The Morgan fingerprint density at radius 1 is 1.07 bits per heavy atom. The van der Waals surface area contributed by atoms with Gasteiger partial charge < -0.3 is 5.32 Å². The quantitative estimate of drug-likeness (QED) is 0.443. The monoisotopic (exact) mass is 413 g/mol. The minimum absolute atomic E-state index is 0.216. The van der Waals surface area contributed by atoms with E-state index in [2.05, 4.69) is 20.3 Å². The van der Waals surface area contributed by atoms with Crippen LogP contribution >= 0.6 is 11.6 Å². The number of amides is 1. The number of nitrogens with one attached hydrogen (secondary N) is 1. The molecule has 7 heteroatoms. The molecule has 6 nitrogen and oxygen atoms in total. The van der Waals surface area contributed by atoms with Gasteiger partial charge in [0.05, 0.1) is 22.5 Å². The molecular formula is C23H16ClN5O. The maximum atomic E-state index is 12.8. The van der Waals surface area contributed by atoms with Crippen LogP contribution in [0.3, 0.4) is 0 Å². The number of fused-ring (bicyclic) bond motifs is 2. The zero-order valence-electron chi connectivity index (χ0n) is 16.0. The molecule has 0 bridgehead atoms. The summed E-state index contributed by atoms with van der Waals surface area (Å²) in [6.45, 7) is 1.82. The van der Waals surface area contributed by atoms with Gasteiger partial charge >= 0.3 is 0 Å². The highest BCUT2D eigenvalue weighted by Crippen LogP contribution is 2.23. The molecule has 0 aliphatic heterocycles. The highest BCUT2D eigenvalue weighted by atomic mass is 35.5. The lowest BCUT2D eigenvalue weighted by Gasteiger charge is -2.09. The van der Waals surface area contributed by atoms with E-state index in [1.807, 2.05) is 66.2 Å². The molecule has 0 saturated heterocycles. The van der Waals surface area contributed by atoms with Gasteiger partial charge in [-0.2, -0.15) is 0 Å². The Morgan fingerprint density at radius 2 is 1.90 bits per heavy atom. The lowest BCUT2D eigenvalue weighted by atomic mass is 10.1. The third-order valence-corrected chi connectivity index (χ3v) is 5.12. The summed E-state index contributed by atoms with van der Waals surface area (Å²) in [6, 6.07) is 16.7. The molecule has 1 N–H and O–H groups in total. The Balaban J connectivity index is 1.40. The van der Waals surface area contributed by atoms with Crippen LogP contribution in [-0.4, -0.2) is 25.3 Å². The fourth-order valence-corrected chi connectivity index (χ4v) is 3.55. The average molecular weight is 414 g/mol. The van der Waals surface area contributed by atoms with Crippen LogP contribution in [0.1, 0.15) is 16.1 Å². The third kappa shape index (κ3) is 3.38. The number of halogens is 1. The SMILES string of the molecule is Cc1nc2ccc(Cl)cc2cc1C(=O)Nc1ccc(-c2cn3cccnc3n2)cc1. The summed E-state index contributed by atoms with van der Waals surface area (Å²) in [5.41, 5.74) is 4.43. The molecule has 0 unspecified atom stereocenters. The summed E-state index contributed by atoms with van der Waals surface area (Å²) >= 11 is 6.07. The number of hydrogen-bond acceptors (Lipinski definition) is 4. The molecule has 5 aromatic rings. The van der Waals surface area contributed by atoms with Gasteiger partial charge in [0.15, 0.2) is 0 Å². The largest absolute Gasteiger partial charge is 0.322 e. The standard InChI is InChI=1S/C23H16ClN5O/c1-14-19(12-16-11-17(24)5-8-20(16)26-14)22(30)27-18-6-3-15(4-7-18)21-13-29-10-2-9-25-23(29)28-21/h2-13H,1H3,(H,27,30). The van der Waals surface area contributed by atoms with Crippen LogP contribution < -0.4 is 5.32 Å². The summed E-state index contributed by atoms with van der Waals surface area (Å²) in [6.07, 6.45) is 5.54. The highest BCUT2D eigenvalue weighted by molar-refractivity contribution is 6.31. The van der Waals surface area contributed by atoms with Crippen molar-refractivity contribution >= 4 is 39.9 Å². The predicted molar refractivity (Wildman–Crippen MR) is 118 cm³/mol. The van der Waals surface area contributed by atoms with Crippen molar-refractivity contribution in [3.8, 4) is 11.3 Å². The molecule has 5 rings (SSSR count). The van der Waals surface area contributed by atoms with Crippen LogP contribution in [0.2, 0.25) is 5.02 Å². The number of imidazole rings is 1. The Bertz CT molecular complexity index is 1380. The first-order chi connectivity index (χ1) is 14.6. The molecule has 2 aromatic carbocycles. The number of aromatic nitrogens is 4. The van der Waals surface area contributed by atoms with Crippen molar-refractivity contribution in [3.63, 3.8) is 0 Å². The van der Waals surface area contributed by atoms with E-state index in [-0.39, 0.29) is 5.91 Å². The Kier molecular flexibility index (Phi) is 4.41. The van der Waals surface area contributed by atoms with E-state index in [1.54, 1.807) is 18.3 Å². The summed E-state index contributed by atoms with van der Waals surface area (Å²) in [7, 11) is 0. The lowest BCUT2D eigenvalue weighted by Crippen LogP contribution is -2.14. The normalized spacial score (nSPS) is 11.1. The van der Waals surface area contributed by atoms with Gasteiger partial charge in [0.2, 0.25) is 5.78 Å². The first-order valence-electron chi connectivity index (χ1n) is 9.35.